The first-order chi connectivity index (χ1) is 22.2. The molecule has 0 aliphatic heterocycles. The highest BCUT2D eigenvalue weighted by Gasteiger charge is 2.22. The number of hydrogen-bond acceptors (Lipinski definition) is 0. The predicted octanol–water partition coefficient (Wildman–Crippen LogP) is 12.4. The van der Waals surface area contributed by atoms with E-state index in [0.29, 0.717) is 0 Å². The zero-order chi connectivity index (χ0) is 32.3. The number of aromatic nitrogens is 2. The van der Waals surface area contributed by atoms with Crippen LogP contribution in [0.3, 0.4) is 0 Å². The molecule has 46 heavy (non-hydrogen) atoms. The molecule has 0 N–H and O–H groups in total. The Morgan fingerprint density at radius 3 is 1.11 bits per heavy atom. The van der Waals surface area contributed by atoms with Crippen molar-refractivity contribution in [2.75, 3.05) is 0 Å². The van der Waals surface area contributed by atoms with E-state index in [1.54, 1.807) is 0 Å². The standard InChI is InChI=1S/C44H48N2/c1-9-11-13-33-21-29(5)43(30(6)22-33)45-39-17-15-27(3)19-35(39)37-26-42-38(25-41(37)45)36-20-28(4)16-18-40(36)46(42)44-31(7)23-34(14-12-10-2)24-32(44)8/h15-26H,9-14H2,1-8H3. The second-order valence-electron chi connectivity index (χ2n) is 14.0. The van der Waals surface area contributed by atoms with Gasteiger partial charge in [-0.15, -0.1) is 0 Å². The van der Waals surface area contributed by atoms with Crippen molar-refractivity contribution in [3.8, 4) is 11.4 Å². The molecule has 7 aromatic rings. The Hall–Kier alpha value is -4.30. The molecule has 0 aliphatic rings. The number of hydrogen-bond donors (Lipinski definition) is 0. The summed E-state index contributed by atoms with van der Waals surface area (Å²) >= 11 is 0. The molecule has 0 bridgehead atoms. The second-order valence-corrected chi connectivity index (χ2v) is 14.0. The molecule has 2 nitrogen and oxygen atoms in total. The summed E-state index contributed by atoms with van der Waals surface area (Å²) in [5.74, 6) is 0. The maximum absolute atomic E-state index is 2.55. The molecule has 0 aliphatic carbocycles. The van der Waals surface area contributed by atoms with E-state index in [1.807, 2.05) is 0 Å². The highest BCUT2D eigenvalue weighted by molar-refractivity contribution is 6.19. The van der Waals surface area contributed by atoms with Gasteiger partial charge in [0.2, 0.25) is 0 Å². The van der Waals surface area contributed by atoms with Gasteiger partial charge in [-0.2, -0.15) is 0 Å². The van der Waals surface area contributed by atoms with Gasteiger partial charge in [0.1, 0.15) is 0 Å². The van der Waals surface area contributed by atoms with Crippen LogP contribution < -0.4 is 0 Å². The van der Waals surface area contributed by atoms with Crippen molar-refractivity contribution < 1.29 is 0 Å². The van der Waals surface area contributed by atoms with Gasteiger partial charge in [0.15, 0.2) is 0 Å². The first-order valence-corrected chi connectivity index (χ1v) is 17.4. The van der Waals surface area contributed by atoms with Crippen LogP contribution in [0.15, 0.2) is 72.8 Å². The first-order valence-electron chi connectivity index (χ1n) is 17.4. The third-order valence-electron chi connectivity index (χ3n) is 10.1. The van der Waals surface area contributed by atoms with Crippen molar-refractivity contribution in [2.24, 2.45) is 0 Å². The maximum Gasteiger partial charge on any atom is 0.0549 e. The number of rotatable bonds is 8. The molecule has 5 aromatic carbocycles. The molecule has 0 saturated carbocycles. The van der Waals surface area contributed by atoms with E-state index >= 15 is 0 Å². The number of unbranched alkanes of at least 4 members (excludes halogenated alkanes) is 2. The normalized spacial score (nSPS) is 12.0. The topological polar surface area (TPSA) is 9.86 Å². The lowest BCUT2D eigenvalue weighted by Gasteiger charge is -2.17. The molecule has 0 amide bonds. The third-order valence-corrected chi connectivity index (χ3v) is 10.1. The fourth-order valence-electron chi connectivity index (χ4n) is 8.09. The fraction of sp³-hybridized carbons (Fsp3) is 0.318. The Bertz CT molecular complexity index is 2080. The Labute approximate surface area is 274 Å². The van der Waals surface area contributed by atoms with Gasteiger partial charge in [0, 0.05) is 21.5 Å². The molecule has 7 rings (SSSR count). The minimum absolute atomic E-state index is 1.14. The van der Waals surface area contributed by atoms with Crippen LogP contribution in [0.25, 0.3) is 55.0 Å². The Morgan fingerprint density at radius 1 is 0.413 bits per heavy atom. The molecule has 0 fully saturated rings. The van der Waals surface area contributed by atoms with Gasteiger partial charge in [-0.25, -0.2) is 0 Å². The highest BCUT2D eigenvalue weighted by atomic mass is 15.0. The van der Waals surface area contributed by atoms with Crippen molar-refractivity contribution in [3.05, 3.63) is 117 Å². The lowest BCUT2D eigenvalue weighted by Crippen LogP contribution is -2.03. The first kappa shape index (κ1) is 30.4. The van der Waals surface area contributed by atoms with E-state index in [1.165, 1.54) is 125 Å². The van der Waals surface area contributed by atoms with Crippen LogP contribution in [0, 0.1) is 41.5 Å². The molecule has 0 atom stereocenters. The van der Waals surface area contributed by atoms with E-state index in [-0.39, 0.29) is 0 Å². The van der Waals surface area contributed by atoms with Crippen molar-refractivity contribution in [2.45, 2.75) is 93.9 Å². The molecule has 2 aromatic heterocycles. The van der Waals surface area contributed by atoms with E-state index in [9.17, 15) is 0 Å². The van der Waals surface area contributed by atoms with Crippen LogP contribution in [0.2, 0.25) is 0 Å². The fourth-order valence-corrected chi connectivity index (χ4v) is 8.09. The van der Waals surface area contributed by atoms with Crippen LogP contribution in [-0.2, 0) is 12.8 Å². The average Bonchev–Trinajstić information content (AvgIpc) is 3.48. The molecular formula is C44H48N2. The largest absolute Gasteiger partial charge is 0.309 e. The summed E-state index contributed by atoms with van der Waals surface area (Å²) in [5.41, 5.74) is 18.6. The van der Waals surface area contributed by atoms with E-state index in [2.05, 4.69) is 137 Å². The quantitative estimate of drug-likeness (QED) is 0.163. The van der Waals surface area contributed by atoms with Gasteiger partial charge >= 0.3 is 0 Å². The Morgan fingerprint density at radius 2 is 0.761 bits per heavy atom. The lowest BCUT2D eigenvalue weighted by atomic mass is 10.00. The summed E-state index contributed by atoms with van der Waals surface area (Å²) in [7, 11) is 0. The maximum atomic E-state index is 2.55. The number of nitrogens with zero attached hydrogens (tertiary/aromatic N) is 2. The minimum Gasteiger partial charge on any atom is -0.309 e. The zero-order valence-corrected chi connectivity index (χ0v) is 29.1. The van der Waals surface area contributed by atoms with Crippen LogP contribution >= 0.6 is 0 Å². The van der Waals surface area contributed by atoms with Crippen LogP contribution in [0.4, 0.5) is 0 Å². The van der Waals surface area contributed by atoms with E-state index in [0.717, 1.165) is 12.8 Å². The molecular weight excluding hydrogens is 556 g/mol. The average molecular weight is 605 g/mol. The zero-order valence-electron chi connectivity index (χ0n) is 29.1. The van der Waals surface area contributed by atoms with Crippen molar-refractivity contribution in [3.63, 3.8) is 0 Å². The summed E-state index contributed by atoms with van der Waals surface area (Å²) in [6.45, 7) is 18.2. The van der Waals surface area contributed by atoms with Crippen LogP contribution in [0.1, 0.15) is 84.0 Å². The highest BCUT2D eigenvalue weighted by Crippen LogP contribution is 2.42. The van der Waals surface area contributed by atoms with Crippen LogP contribution in [-0.4, -0.2) is 9.13 Å². The summed E-state index contributed by atoms with van der Waals surface area (Å²) in [5, 5.41) is 5.27. The Kier molecular flexibility index (Phi) is 7.79. The van der Waals surface area contributed by atoms with Gasteiger partial charge in [0.25, 0.3) is 0 Å². The molecule has 0 spiro atoms. The third kappa shape index (κ3) is 4.94. The van der Waals surface area contributed by atoms with Gasteiger partial charge < -0.3 is 9.13 Å². The predicted molar refractivity (Wildman–Crippen MR) is 201 cm³/mol. The van der Waals surface area contributed by atoms with Crippen molar-refractivity contribution >= 4 is 43.6 Å². The number of aryl methyl sites for hydroxylation is 8. The van der Waals surface area contributed by atoms with Gasteiger partial charge in [0.05, 0.1) is 33.4 Å². The molecule has 234 valence electrons. The monoisotopic (exact) mass is 604 g/mol. The van der Waals surface area contributed by atoms with E-state index < -0.39 is 0 Å². The summed E-state index contributed by atoms with van der Waals surface area (Å²) in [6.07, 6.45) is 7.18. The summed E-state index contributed by atoms with van der Waals surface area (Å²) in [6, 6.07) is 28.6. The van der Waals surface area contributed by atoms with Gasteiger partial charge in [-0.3, -0.25) is 0 Å². The second kappa shape index (κ2) is 11.8. The molecule has 0 radical (unpaired) electrons. The van der Waals surface area contributed by atoms with Gasteiger partial charge in [-0.05, 0) is 137 Å². The van der Waals surface area contributed by atoms with Crippen molar-refractivity contribution in [1.82, 2.24) is 9.13 Å². The molecule has 2 heteroatoms. The van der Waals surface area contributed by atoms with Crippen molar-refractivity contribution in [1.29, 1.82) is 0 Å². The summed E-state index contributed by atoms with van der Waals surface area (Å²) in [4.78, 5) is 0. The molecule has 2 heterocycles. The lowest BCUT2D eigenvalue weighted by molar-refractivity contribution is 0.793. The summed E-state index contributed by atoms with van der Waals surface area (Å²) < 4.78 is 5.10. The minimum atomic E-state index is 1.14. The Balaban J connectivity index is 1.58. The van der Waals surface area contributed by atoms with E-state index in [4.69, 9.17) is 0 Å². The smallest absolute Gasteiger partial charge is 0.0549 e. The van der Waals surface area contributed by atoms with Crippen LogP contribution in [0.5, 0.6) is 0 Å². The van der Waals surface area contributed by atoms with Gasteiger partial charge in [-0.1, -0.05) is 74.2 Å². The molecule has 0 unspecified atom stereocenters. The molecule has 0 saturated heterocycles. The SMILES string of the molecule is CCCCc1cc(C)c(-n2c3ccc(C)cc3c3cc4c(cc32)c2cc(C)ccc2n4-c2c(C)cc(CCCC)cc2C)c(C)c1. The number of fused-ring (bicyclic) bond motifs is 6. The number of benzene rings is 5.